The van der Waals surface area contributed by atoms with E-state index in [1.807, 2.05) is 44.3 Å². The number of benzene rings is 1. The lowest BCUT2D eigenvalue weighted by Crippen LogP contribution is -2.56. The molecule has 0 aliphatic carbocycles. The van der Waals surface area contributed by atoms with E-state index in [2.05, 4.69) is 10.6 Å². The van der Waals surface area contributed by atoms with E-state index < -0.39 is 11.7 Å². The van der Waals surface area contributed by atoms with Crippen molar-refractivity contribution < 1.29 is 14.7 Å². The third-order valence-electron chi connectivity index (χ3n) is 2.45. The molecular weight excluding hydrogens is 290 g/mol. The molecule has 116 valence electrons. The van der Waals surface area contributed by atoms with Gasteiger partial charge in [-0.25, -0.2) is 4.79 Å². The van der Waals surface area contributed by atoms with Crippen LogP contribution in [0.1, 0.15) is 20.8 Å². The van der Waals surface area contributed by atoms with Crippen molar-refractivity contribution in [2.75, 3.05) is 24.7 Å². The molecule has 6 nitrogen and oxygen atoms in total. The number of carbonyl (C=O) groups is 1. The average molecular weight is 312 g/mol. The number of ether oxygens (including phenoxy) is 1. The van der Waals surface area contributed by atoms with E-state index in [9.17, 15) is 9.70 Å². The number of carbonyl (C=O) groups excluding carboxylic acids is 1. The molecule has 7 heteroatoms. The fourth-order valence-electron chi connectivity index (χ4n) is 1.56. The van der Waals surface area contributed by atoms with Crippen molar-refractivity contribution in [2.24, 2.45) is 0 Å². The first-order valence-electron chi connectivity index (χ1n) is 6.62. The van der Waals surface area contributed by atoms with E-state index in [1.54, 1.807) is 17.8 Å². The van der Waals surface area contributed by atoms with Crippen molar-refractivity contribution in [1.82, 2.24) is 5.32 Å². The molecule has 0 radical (unpaired) electrons. The molecule has 21 heavy (non-hydrogen) atoms. The highest BCUT2D eigenvalue weighted by Gasteiger charge is 2.15. The molecule has 0 saturated heterocycles. The molecule has 0 aliphatic rings. The van der Waals surface area contributed by atoms with Crippen LogP contribution in [0.25, 0.3) is 0 Å². The Kier molecular flexibility index (Phi) is 6.48. The monoisotopic (exact) mass is 312 g/mol. The second-order valence-electron chi connectivity index (χ2n) is 5.37. The van der Waals surface area contributed by atoms with Crippen LogP contribution in [-0.2, 0) is 4.74 Å². The van der Waals surface area contributed by atoms with Crippen molar-refractivity contribution in [3.8, 4) is 0 Å². The molecule has 1 aromatic rings. The van der Waals surface area contributed by atoms with Crippen LogP contribution in [-0.4, -0.2) is 31.0 Å². The number of nitrogens with one attached hydrogen (secondary N) is 3. The first kappa shape index (κ1) is 17.3. The zero-order valence-electron chi connectivity index (χ0n) is 12.8. The Morgan fingerprint density at radius 2 is 2.05 bits per heavy atom. The van der Waals surface area contributed by atoms with Crippen LogP contribution in [0.5, 0.6) is 0 Å². The molecule has 0 fully saturated rings. The summed E-state index contributed by atoms with van der Waals surface area (Å²) < 4.78 is 5.13. The lowest BCUT2D eigenvalue weighted by Gasteiger charge is -2.19. The topological polar surface area (TPSA) is 81.4 Å². The van der Waals surface area contributed by atoms with Crippen molar-refractivity contribution in [2.45, 2.75) is 31.3 Å². The maximum absolute atomic E-state index is 11.5. The first-order valence-corrected chi connectivity index (χ1v) is 7.85. The van der Waals surface area contributed by atoms with Crippen LogP contribution in [0.4, 0.5) is 16.2 Å². The van der Waals surface area contributed by atoms with Crippen LogP contribution in [0.3, 0.4) is 0 Å². The Balaban J connectivity index is 2.45. The van der Waals surface area contributed by atoms with Crippen LogP contribution in [0.2, 0.25) is 0 Å². The van der Waals surface area contributed by atoms with Crippen molar-refractivity contribution in [1.29, 1.82) is 0 Å². The van der Waals surface area contributed by atoms with Gasteiger partial charge < -0.3 is 15.4 Å². The highest BCUT2D eigenvalue weighted by atomic mass is 32.2. The summed E-state index contributed by atoms with van der Waals surface area (Å²) in [5, 5.41) is 7.65. The maximum Gasteiger partial charge on any atom is 0.407 e. The minimum Gasteiger partial charge on any atom is -0.444 e. The summed E-state index contributed by atoms with van der Waals surface area (Å²) in [5.74, 6) is 0. The lowest BCUT2D eigenvalue weighted by molar-refractivity contribution is -0.378. The number of amides is 1. The summed E-state index contributed by atoms with van der Waals surface area (Å²) in [4.78, 5) is 23.4. The quantitative estimate of drug-likeness (QED) is 0.551. The average Bonchev–Trinajstić information content (AvgIpc) is 2.41. The molecule has 0 aliphatic heterocycles. The molecule has 0 spiro atoms. The molecular formula is C14H22N3O3S+. The molecule has 0 bridgehead atoms. The van der Waals surface area contributed by atoms with Gasteiger partial charge in [-0.3, -0.25) is 0 Å². The van der Waals surface area contributed by atoms with Gasteiger partial charge in [0.05, 0.1) is 0 Å². The zero-order valence-corrected chi connectivity index (χ0v) is 13.6. The van der Waals surface area contributed by atoms with Gasteiger partial charge in [-0.15, -0.1) is 11.8 Å². The van der Waals surface area contributed by atoms with Gasteiger partial charge in [0.1, 0.15) is 11.3 Å². The molecule has 0 saturated carbocycles. The predicted molar refractivity (Wildman–Crippen MR) is 84.9 cm³/mol. The molecule has 3 N–H and O–H groups in total. The van der Waals surface area contributed by atoms with Gasteiger partial charge in [0.25, 0.3) is 5.69 Å². The number of nitroso groups, excluding NO2 is 1. The minimum atomic E-state index is -0.510. The largest absolute Gasteiger partial charge is 0.444 e. The fourth-order valence-corrected chi connectivity index (χ4v) is 2.00. The standard InChI is InChI=1S/C14H21N3O3S/c1-14(2,3)20-13(18)16-8-7-15-12-9-10(21-4)5-6-11(12)17-19/h5-6,9,15H,7-8H2,1-4H3,(H,16,18)/p+1. The summed E-state index contributed by atoms with van der Waals surface area (Å²) in [6.07, 6.45) is 1.51. The second kappa shape index (κ2) is 7.87. The highest BCUT2D eigenvalue weighted by Crippen LogP contribution is 2.23. The van der Waals surface area contributed by atoms with Gasteiger partial charge >= 0.3 is 6.09 Å². The predicted octanol–water partition coefficient (Wildman–Crippen LogP) is 1.82. The first-order chi connectivity index (χ1) is 9.85. The number of anilines is 1. The molecule has 0 heterocycles. The Morgan fingerprint density at radius 3 is 2.62 bits per heavy atom. The summed E-state index contributed by atoms with van der Waals surface area (Å²) in [7, 11) is 0. The second-order valence-corrected chi connectivity index (χ2v) is 6.25. The zero-order chi connectivity index (χ0) is 15.9. The summed E-state index contributed by atoms with van der Waals surface area (Å²) in [6.45, 7) is 6.32. The van der Waals surface area contributed by atoms with Gasteiger partial charge in [-0.2, -0.15) is 0 Å². The number of hydrogen-bond acceptors (Lipinski definition) is 5. The van der Waals surface area contributed by atoms with Gasteiger partial charge in [-0.1, -0.05) is 0 Å². The van der Waals surface area contributed by atoms with Gasteiger partial charge in [0.2, 0.25) is 0 Å². The van der Waals surface area contributed by atoms with Crippen LogP contribution in [0.15, 0.2) is 23.1 Å². The Morgan fingerprint density at radius 1 is 1.33 bits per heavy atom. The van der Waals surface area contributed by atoms with Crippen LogP contribution in [0, 0.1) is 4.91 Å². The number of thioether (sulfide) groups is 1. The van der Waals surface area contributed by atoms with E-state index in [0.717, 1.165) is 4.90 Å². The van der Waals surface area contributed by atoms with Gasteiger partial charge in [0.15, 0.2) is 0 Å². The van der Waals surface area contributed by atoms with Crippen molar-refractivity contribution >= 4 is 29.2 Å². The Labute approximate surface area is 129 Å². The van der Waals surface area contributed by atoms with Crippen molar-refractivity contribution in [3.05, 3.63) is 23.1 Å². The molecule has 0 unspecified atom stereocenters. The molecule has 0 atom stereocenters. The fraction of sp³-hybridized carbons (Fsp3) is 0.500. The molecule has 1 amide bonds. The highest BCUT2D eigenvalue weighted by molar-refractivity contribution is 7.98. The Bertz CT molecular complexity index is 501. The van der Waals surface area contributed by atoms with E-state index in [1.165, 1.54) is 0 Å². The lowest BCUT2D eigenvalue weighted by atomic mass is 10.2. The number of alkyl carbamates (subject to hydrolysis) is 1. The third-order valence-corrected chi connectivity index (χ3v) is 3.17. The molecule has 1 rings (SSSR count). The van der Waals surface area contributed by atoms with Crippen LogP contribution < -0.4 is 15.8 Å². The smallest absolute Gasteiger partial charge is 0.407 e. The SMILES string of the molecule is CSc1ccc([NH+]=O)c(NCCNC(=O)OC(C)(C)C)c1. The molecule has 1 aromatic carbocycles. The van der Waals surface area contributed by atoms with Gasteiger partial charge in [-0.05, 0) is 39.2 Å². The van der Waals surface area contributed by atoms with Gasteiger partial charge in [0, 0.05) is 34.1 Å². The summed E-state index contributed by atoms with van der Waals surface area (Å²) >= 11 is 1.59. The van der Waals surface area contributed by atoms with E-state index >= 15 is 0 Å². The third kappa shape index (κ3) is 6.48. The number of hydrogen-bond donors (Lipinski definition) is 3. The number of rotatable bonds is 6. The Hall–Kier alpha value is -1.76. The minimum absolute atomic E-state index is 0.400. The van der Waals surface area contributed by atoms with Crippen LogP contribution >= 0.6 is 11.8 Å². The summed E-state index contributed by atoms with van der Waals surface area (Å²) in [5.41, 5.74) is 0.678. The van der Waals surface area contributed by atoms with E-state index in [4.69, 9.17) is 4.74 Å². The summed E-state index contributed by atoms with van der Waals surface area (Å²) in [6, 6.07) is 5.48. The van der Waals surface area contributed by atoms with Crippen molar-refractivity contribution in [3.63, 3.8) is 0 Å². The van der Waals surface area contributed by atoms with E-state index in [-0.39, 0.29) is 0 Å². The molecule has 0 aromatic heterocycles. The maximum atomic E-state index is 11.5. The normalized spacial score (nSPS) is 10.9. The van der Waals surface area contributed by atoms with E-state index in [0.29, 0.717) is 24.5 Å².